The summed E-state index contributed by atoms with van der Waals surface area (Å²) in [4.78, 5) is 4.70. The fourth-order valence-corrected chi connectivity index (χ4v) is 4.94. The van der Waals surface area contributed by atoms with Gasteiger partial charge in [0.15, 0.2) is 0 Å². The number of methoxy groups -OCH3 is 1. The van der Waals surface area contributed by atoms with Crippen LogP contribution in [0.2, 0.25) is 0 Å². The highest BCUT2D eigenvalue weighted by Gasteiger charge is 2.41. The van der Waals surface area contributed by atoms with Crippen LogP contribution in [-0.4, -0.2) is 28.1 Å². The molecule has 8 heteroatoms. The SMILES string of the molecule is COc1ccc([C@@H]2C3=C(Nc4nc(SC)nn42)c2ccccc2O[C@@H]3c2cccc(F)c2)cc1. The summed E-state index contributed by atoms with van der Waals surface area (Å²) in [7, 11) is 1.65. The Morgan fingerprint density at radius 1 is 1.03 bits per heavy atom. The first-order valence-corrected chi connectivity index (χ1v) is 12.1. The molecule has 4 aromatic rings. The van der Waals surface area contributed by atoms with E-state index < -0.39 is 6.10 Å². The van der Waals surface area contributed by atoms with Crippen LogP contribution < -0.4 is 14.8 Å². The summed E-state index contributed by atoms with van der Waals surface area (Å²) in [5.74, 6) is 1.84. The lowest BCUT2D eigenvalue weighted by molar-refractivity contribution is 0.222. The van der Waals surface area contributed by atoms with Crippen molar-refractivity contribution in [1.82, 2.24) is 14.8 Å². The van der Waals surface area contributed by atoms with Crippen LogP contribution in [0.5, 0.6) is 11.5 Å². The van der Waals surface area contributed by atoms with Crippen molar-refractivity contribution in [3.63, 3.8) is 0 Å². The molecule has 0 saturated heterocycles. The predicted octanol–water partition coefficient (Wildman–Crippen LogP) is 5.71. The molecule has 0 spiro atoms. The number of hydrogen-bond acceptors (Lipinski definition) is 6. The lowest BCUT2D eigenvalue weighted by Crippen LogP contribution is -2.32. The van der Waals surface area contributed by atoms with Crippen LogP contribution in [0.4, 0.5) is 10.3 Å². The monoisotopic (exact) mass is 472 g/mol. The van der Waals surface area contributed by atoms with Crippen LogP contribution in [0.1, 0.15) is 28.8 Å². The van der Waals surface area contributed by atoms with Gasteiger partial charge in [0.2, 0.25) is 11.1 Å². The maximum Gasteiger partial charge on any atom is 0.227 e. The van der Waals surface area contributed by atoms with E-state index >= 15 is 0 Å². The largest absolute Gasteiger partial charge is 0.497 e. The van der Waals surface area contributed by atoms with Gasteiger partial charge in [0.05, 0.1) is 12.8 Å². The number of anilines is 1. The molecule has 1 N–H and O–H groups in total. The third-order valence-corrected chi connectivity index (χ3v) is 6.66. The topological polar surface area (TPSA) is 61.2 Å². The van der Waals surface area contributed by atoms with Gasteiger partial charge in [-0.2, -0.15) is 4.98 Å². The van der Waals surface area contributed by atoms with Gasteiger partial charge in [0.1, 0.15) is 29.5 Å². The first-order valence-electron chi connectivity index (χ1n) is 10.8. The van der Waals surface area contributed by atoms with E-state index in [4.69, 9.17) is 19.6 Å². The van der Waals surface area contributed by atoms with E-state index in [-0.39, 0.29) is 11.9 Å². The quantitative estimate of drug-likeness (QED) is 0.384. The molecule has 0 fully saturated rings. The number of aromatic nitrogens is 3. The molecule has 1 aromatic heterocycles. The minimum Gasteiger partial charge on any atom is -0.497 e. The Balaban J connectivity index is 1.62. The number of hydrogen-bond donors (Lipinski definition) is 1. The number of benzene rings is 3. The third kappa shape index (κ3) is 3.33. The molecule has 3 aromatic carbocycles. The van der Waals surface area contributed by atoms with Crippen LogP contribution in [0.15, 0.2) is 83.5 Å². The molecule has 0 amide bonds. The predicted molar refractivity (Wildman–Crippen MR) is 130 cm³/mol. The molecule has 0 unspecified atom stereocenters. The molecule has 170 valence electrons. The lowest BCUT2D eigenvalue weighted by Gasteiger charge is -2.38. The molecule has 0 bridgehead atoms. The van der Waals surface area contributed by atoms with E-state index in [0.717, 1.165) is 39.5 Å². The summed E-state index contributed by atoms with van der Waals surface area (Å²) in [6, 6.07) is 22.0. The second-order valence-corrected chi connectivity index (χ2v) is 8.82. The molecular formula is C26H21FN4O2S. The summed E-state index contributed by atoms with van der Waals surface area (Å²) in [6.07, 6.45) is 1.43. The first-order chi connectivity index (χ1) is 16.7. The number of rotatable bonds is 4. The Morgan fingerprint density at radius 3 is 2.62 bits per heavy atom. The van der Waals surface area contributed by atoms with Crippen LogP contribution in [0, 0.1) is 5.82 Å². The Labute approximate surface area is 200 Å². The molecule has 0 saturated carbocycles. The molecule has 3 heterocycles. The Morgan fingerprint density at radius 2 is 1.85 bits per heavy atom. The maximum absolute atomic E-state index is 14.3. The molecule has 2 aliphatic rings. The van der Waals surface area contributed by atoms with Crippen LogP contribution in [-0.2, 0) is 0 Å². The second-order valence-electron chi connectivity index (χ2n) is 8.05. The normalized spacial score (nSPS) is 18.3. The van der Waals surface area contributed by atoms with E-state index in [1.165, 1.54) is 23.9 Å². The van der Waals surface area contributed by atoms with Crippen molar-refractivity contribution in [3.8, 4) is 11.5 Å². The minimum atomic E-state index is -0.518. The summed E-state index contributed by atoms with van der Waals surface area (Å²) in [5, 5.41) is 8.94. The summed E-state index contributed by atoms with van der Waals surface area (Å²) < 4.78 is 28.1. The highest BCUT2D eigenvalue weighted by molar-refractivity contribution is 7.98. The van der Waals surface area contributed by atoms with Gasteiger partial charge in [-0.3, -0.25) is 0 Å². The van der Waals surface area contributed by atoms with Crippen LogP contribution in [0.3, 0.4) is 0 Å². The number of nitrogens with zero attached hydrogens (tertiary/aromatic N) is 3. The molecule has 2 atom stereocenters. The molecule has 2 aliphatic heterocycles. The molecule has 6 nitrogen and oxygen atoms in total. The van der Waals surface area contributed by atoms with E-state index in [1.807, 2.05) is 65.5 Å². The highest BCUT2D eigenvalue weighted by Crippen LogP contribution is 2.51. The zero-order chi connectivity index (χ0) is 23.2. The standard InChI is InChI=1S/C26H21FN4O2S/c1-32-18-12-10-15(11-13-18)23-21-22(28-25-29-26(34-2)30-31(23)25)19-8-3-4-9-20(19)33-24(21)16-6-5-7-17(27)14-16/h3-14,23-24H,1-2H3,(H,28,29,30)/t23-,24-/m1/s1. The van der Waals surface area contributed by atoms with E-state index in [2.05, 4.69) is 5.32 Å². The average molecular weight is 473 g/mol. The zero-order valence-electron chi connectivity index (χ0n) is 18.5. The van der Waals surface area contributed by atoms with Gasteiger partial charge >= 0.3 is 0 Å². The maximum atomic E-state index is 14.3. The Hall–Kier alpha value is -3.78. The number of ether oxygens (including phenoxy) is 2. The van der Waals surface area contributed by atoms with Crippen molar-refractivity contribution in [2.75, 3.05) is 18.7 Å². The van der Waals surface area contributed by atoms with Gasteiger partial charge in [-0.15, -0.1) is 5.10 Å². The van der Waals surface area contributed by atoms with E-state index in [0.29, 0.717) is 11.1 Å². The molecule has 0 radical (unpaired) electrons. The number of thioether (sulfide) groups is 1. The number of para-hydroxylation sites is 1. The first kappa shape index (κ1) is 20.8. The van der Waals surface area contributed by atoms with Crippen LogP contribution >= 0.6 is 11.8 Å². The van der Waals surface area contributed by atoms with Crippen molar-refractivity contribution in [3.05, 3.63) is 101 Å². The van der Waals surface area contributed by atoms with Crippen molar-refractivity contribution in [2.45, 2.75) is 17.3 Å². The zero-order valence-corrected chi connectivity index (χ0v) is 19.3. The molecule has 6 rings (SSSR count). The van der Waals surface area contributed by atoms with Crippen molar-refractivity contribution < 1.29 is 13.9 Å². The van der Waals surface area contributed by atoms with Crippen molar-refractivity contribution in [1.29, 1.82) is 0 Å². The molecule has 34 heavy (non-hydrogen) atoms. The fourth-order valence-electron chi connectivity index (χ4n) is 4.60. The van der Waals surface area contributed by atoms with Gasteiger partial charge in [-0.25, -0.2) is 9.07 Å². The highest BCUT2D eigenvalue weighted by atomic mass is 32.2. The summed E-state index contributed by atoms with van der Waals surface area (Å²) in [6.45, 7) is 0. The average Bonchev–Trinajstić information content (AvgIpc) is 3.30. The number of nitrogens with one attached hydrogen (secondary N) is 1. The van der Waals surface area contributed by atoms with Gasteiger partial charge in [-0.05, 0) is 53.8 Å². The fraction of sp³-hybridized carbons (Fsp3) is 0.154. The smallest absolute Gasteiger partial charge is 0.227 e. The van der Waals surface area contributed by atoms with E-state index in [9.17, 15) is 4.39 Å². The van der Waals surface area contributed by atoms with Gasteiger partial charge in [0.25, 0.3) is 0 Å². The van der Waals surface area contributed by atoms with E-state index in [1.54, 1.807) is 13.2 Å². The summed E-state index contributed by atoms with van der Waals surface area (Å²) >= 11 is 1.48. The number of fused-ring (bicyclic) bond motifs is 3. The number of halogens is 1. The van der Waals surface area contributed by atoms with Gasteiger partial charge in [0, 0.05) is 11.1 Å². The van der Waals surface area contributed by atoms with Gasteiger partial charge in [-0.1, -0.05) is 48.2 Å². The molecule has 0 aliphatic carbocycles. The minimum absolute atomic E-state index is 0.307. The van der Waals surface area contributed by atoms with Crippen molar-refractivity contribution >= 4 is 23.4 Å². The summed E-state index contributed by atoms with van der Waals surface area (Å²) in [5.41, 5.74) is 4.52. The van der Waals surface area contributed by atoms with Gasteiger partial charge < -0.3 is 14.8 Å². The second kappa shape index (κ2) is 8.22. The lowest BCUT2D eigenvalue weighted by atomic mass is 9.84. The Bertz CT molecular complexity index is 1420. The Kier molecular flexibility index (Phi) is 5.03. The van der Waals surface area contributed by atoms with Crippen LogP contribution in [0.25, 0.3) is 5.70 Å². The van der Waals surface area contributed by atoms with Crippen molar-refractivity contribution in [2.24, 2.45) is 0 Å². The third-order valence-electron chi connectivity index (χ3n) is 6.13. The molecular weight excluding hydrogens is 451 g/mol.